The van der Waals surface area contributed by atoms with Gasteiger partial charge >= 0.3 is 12.0 Å². The summed E-state index contributed by atoms with van der Waals surface area (Å²) in [6, 6.07) is 17.6. The standard InChI is InChI=1S/C24H25N3O4/c1-15-10-12-19(13-11-15)27-16(2)14-20(17(27)3)23(29)31-21(18-8-6-5-7-9-18)22(28)26-24(30)25-4/h5-14,21H,1-4H3,(H2,25,26,28,30)/t21-/m0/s1. The van der Waals surface area contributed by atoms with Gasteiger partial charge in [-0.1, -0.05) is 48.0 Å². The molecular formula is C24H25N3O4. The smallest absolute Gasteiger partial charge is 0.341 e. The highest BCUT2D eigenvalue weighted by atomic mass is 16.5. The Bertz CT molecular complexity index is 1100. The number of carbonyl (C=O) groups excluding carboxylic acids is 3. The Hall–Kier alpha value is -3.87. The molecule has 3 rings (SSSR count). The largest absolute Gasteiger partial charge is 0.444 e. The van der Waals surface area contributed by atoms with Gasteiger partial charge < -0.3 is 14.6 Å². The first-order valence-electron chi connectivity index (χ1n) is 9.86. The summed E-state index contributed by atoms with van der Waals surface area (Å²) < 4.78 is 7.55. The second-order valence-corrected chi connectivity index (χ2v) is 7.22. The molecule has 0 saturated heterocycles. The van der Waals surface area contributed by atoms with Crippen molar-refractivity contribution in [2.45, 2.75) is 26.9 Å². The number of aryl methyl sites for hydroxylation is 2. The van der Waals surface area contributed by atoms with E-state index in [-0.39, 0.29) is 0 Å². The number of hydrogen-bond donors (Lipinski definition) is 2. The van der Waals surface area contributed by atoms with Crippen molar-refractivity contribution < 1.29 is 19.1 Å². The highest BCUT2D eigenvalue weighted by Gasteiger charge is 2.28. The molecule has 1 aromatic heterocycles. The highest BCUT2D eigenvalue weighted by molar-refractivity contribution is 5.99. The lowest BCUT2D eigenvalue weighted by Crippen LogP contribution is -2.41. The third-order valence-corrected chi connectivity index (χ3v) is 4.97. The Kier molecular flexibility index (Phi) is 6.55. The summed E-state index contributed by atoms with van der Waals surface area (Å²) in [5.74, 6) is -1.38. The van der Waals surface area contributed by atoms with Gasteiger partial charge in [-0.05, 0) is 39.0 Å². The third kappa shape index (κ3) is 4.83. The van der Waals surface area contributed by atoms with Crippen LogP contribution in [0.1, 0.15) is 39.0 Å². The van der Waals surface area contributed by atoms with Crippen molar-refractivity contribution >= 4 is 17.9 Å². The molecule has 0 aliphatic carbocycles. The van der Waals surface area contributed by atoms with Gasteiger partial charge in [0.2, 0.25) is 6.10 Å². The Labute approximate surface area is 181 Å². The van der Waals surface area contributed by atoms with Crippen molar-refractivity contribution in [3.8, 4) is 5.69 Å². The van der Waals surface area contributed by atoms with E-state index in [4.69, 9.17) is 4.74 Å². The van der Waals surface area contributed by atoms with Crippen LogP contribution >= 0.6 is 0 Å². The first-order valence-corrected chi connectivity index (χ1v) is 9.86. The number of hydrogen-bond acceptors (Lipinski definition) is 4. The maximum atomic E-state index is 13.0. The topological polar surface area (TPSA) is 89.4 Å². The predicted octanol–water partition coefficient (Wildman–Crippen LogP) is 3.76. The number of rotatable bonds is 5. The van der Waals surface area contributed by atoms with Gasteiger partial charge in [-0.2, -0.15) is 0 Å². The molecule has 2 N–H and O–H groups in total. The Morgan fingerprint density at radius 2 is 1.58 bits per heavy atom. The fourth-order valence-electron chi connectivity index (χ4n) is 3.37. The summed E-state index contributed by atoms with van der Waals surface area (Å²) in [5.41, 5.74) is 4.44. The summed E-state index contributed by atoms with van der Waals surface area (Å²) in [5, 5.41) is 4.49. The number of esters is 1. The van der Waals surface area contributed by atoms with Crippen molar-refractivity contribution in [1.82, 2.24) is 15.2 Å². The summed E-state index contributed by atoms with van der Waals surface area (Å²) in [7, 11) is 1.39. The number of aromatic nitrogens is 1. The molecular weight excluding hydrogens is 394 g/mol. The van der Waals surface area contributed by atoms with E-state index in [1.807, 2.05) is 49.6 Å². The molecule has 1 atom stereocenters. The lowest BCUT2D eigenvalue weighted by molar-refractivity contribution is -0.129. The van der Waals surface area contributed by atoms with E-state index < -0.39 is 24.0 Å². The fourth-order valence-corrected chi connectivity index (χ4v) is 3.37. The molecule has 1 heterocycles. The van der Waals surface area contributed by atoms with Crippen molar-refractivity contribution in [2.75, 3.05) is 7.05 Å². The van der Waals surface area contributed by atoms with Crippen LogP contribution in [-0.4, -0.2) is 29.5 Å². The molecule has 3 aromatic rings. The highest BCUT2D eigenvalue weighted by Crippen LogP contribution is 2.25. The van der Waals surface area contributed by atoms with E-state index in [0.717, 1.165) is 16.9 Å². The second-order valence-electron chi connectivity index (χ2n) is 7.22. The number of nitrogens with zero attached hydrogens (tertiary/aromatic N) is 1. The van der Waals surface area contributed by atoms with E-state index in [0.29, 0.717) is 16.8 Å². The molecule has 31 heavy (non-hydrogen) atoms. The minimum absolute atomic E-state index is 0.353. The molecule has 7 heteroatoms. The molecule has 160 valence electrons. The first-order chi connectivity index (χ1) is 14.8. The molecule has 0 unspecified atom stereocenters. The SMILES string of the molecule is CNC(=O)NC(=O)[C@@H](OC(=O)c1cc(C)n(-c2ccc(C)cc2)c1C)c1ccccc1. The molecule has 3 amide bonds. The number of carbonyl (C=O) groups is 3. The molecule has 0 radical (unpaired) electrons. The van der Waals surface area contributed by atoms with Crippen molar-refractivity contribution in [3.63, 3.8) is 0 Å². The quantitative estimate of drug-likeness (QED) is 0.617. The summed E-state index contributed by atoms with van der Waals surface area (Å²) >= 11 is 0. The molecule has 0 aliphatic rings. The van der Waals surface area contributed by atoms with Gasteiger partial charge in [0.15, 0.2) is 0 Å². The molecule has 2 aromatic carbocycles. The van der Waals surface area contributed by atoms with Crippen molar-refractivity contribution in [3.05, 3.63) is 88.7 Å². The third-order valence-electron chi connectivity index (χ3n) is 4.97. The monoisotopic (exact) mass is 419 g/mol. The van der Waals surface area contributed by atoms with Crippen LogP contribution in [-0.2, 0) is 9.53 Å². The number of imide groups is 1. The maximum Gasteiger partial charge on any atom is 0.341 e. The van der Waals surface area contributed by atoms with Gasteiger partial charge in [-0.15, -0.1) is 0 Å². The minimum Gasteiger partial charge on any atom is -0.444 e. The van der Waals surface area contributed by atoms with Crippen LogP contribution in [0.25, 0.3) is 5.69 Å². The predicted molar refractivity (Wildman–Crippen MR) is 117 cm³/mol. The molecule has 0 aliphatic heterocycles. The molecule has 0 saturated carbocycles. The van der Waals surface area contributed by atoms with Crippen LogP contribution in [0.4, 0.5) is 4.79 Å². The number of ether oxygens (including phenoxy) is 1. The Morgan fingerprint density at radius 3 is 2.19 bits per heavy atom. The van der Waals surface area contributed by atoms with E-state index >= 15 is 0 Å². The van der Waals surface area contributed by atoms with Crippen LogP contribution in [0.5, 0.6) is 0 Å². The van der Waals surface area contributed by atoms with Crippen LogP contribution in [0.2, 0.25) is 0 Å². The van der Waals surface area contributed by atoms with E-state index in [1.54, 1.807) is 36.4 Å². The van der Waals surface area contributed by atoms with Crippen molar-refractivity contribution in [1.29, 1.82) is 0 Å². The number of benzene rings is 2. The normalized spacial score (nSPS) is 11.5. The van der Waals surface area contributed by atoms with Crippen LogP contribution in [0.15, 0.2) is 60.7 Å². The summed E-state index contributed by atoms with van der Waals surface area (Å²) in [6.07, 6.45) is -1.27. The zero-order valence-electron chi connectivity index (χ0n) is 17.9. The van der Waals surface area contributed by atoms with Gasteiger partial charge in [-0.25, -0.2) is 9.59 Å². The zero-order valence-corrected chi connectivity index (χ0v) is 17.9. The lowest BCUT2D eigenvalue weighted by atomic mass is 10.1. The van der Waals surface area contributed by atoms with Gasteiger partial charge in [0.25, 0.3) is 5.91 Å². The molecule has 0 spiro atoms. The Morgan fingerprint density at radius 1 is 0.935 bits per heavy atom. The Balaban J connectivity index is 1.92. The van der Waals surface area contributed by atoms with Crippen LogP contribution in [0.3, 0.4) is 0 Å². The van der Waals surface area contributed by atoms with Crippen LogP contribution < -0.4 is 10.6 Å². The number of urea groups is 1. The van der Waals surface area contributed by atoms with Crippen LogP contribution in [0, 0.1) is 20.8 Å². The second kappa shape index (κ2) is 9.30. The summed E-state index contributed by atoms with van der Waals surface area (Å²) in [4.78, 5) is 37.3. The molecule has 0 fully saturated rings. The first kappa shape index (κ1) is 21.8. The van der Waals surface area contributed by atoms with E-state index in [1.165, 1.54) is 7.05 Å². The average molecular weight is 419 g/mol. The minimum atomic E-state index is -1.27. The zero-order chi connectivity index (χ0) is 22.5. The van der Waals surface area contributed by atoms with Gasteiger partial charge in [0.1, 0.15) is 0 Å². The average Bonchev–Trinajstić information content (AvgIpc) is 3.07. The fraction of sp³-hybridized carbons (Fsp3) is 0.208. The number of nitrogens with one attached hydrogen (secondary N) is 2. The molecule has 7 nitrogen and oxygen atoms in total. The van der Waals surface area contributed by atoms with Gasteiger partial charge in [0.05, 0.1) is 5.56 Å². The van der Waals surface area contributed by atoms with E-state index in [2.05, 4.69) is 10.6 Å². The molecule has 0 bridgehead atoms. The van der Waals surface area contributed by atoms with Crippen molar-refractivity contribution in [2.24, 2.45) is 0 Å². The maximum absolute atomic E-state index is 13.0. The number of amides is 3. The lowest BCUT2D eigenvalue weighted by Gasteiger charge is -2.17. The summed E-state index contributed by atoms with van der Waals surface area (Å²) in [6.45, 7) is 5.73. The van der Waals surface area contributed by atoms with Gasteiger partial charge in [0, 0.05) is 29.7 Å². The van der Waals surface area contributed by atoms with Gasteiger partial charge in [-0.3, -0.25) is 10.1 Å². The van der Waals surface area contributed by atoms with E-state index in [9.17, 15) is 14.4 Å².